The molecule has 0 radical (unpaired) electrons. The summed E-state index contributed by atoms with van der Waals surface area (Å²) in [4.78, 5) is 13.3. The lowest BCUT2D eigenvalue weighted by atomic mass is 10.0. The lowest BCUT2D eigenvalue weighted by molar-refractivity contribution is 0.505. The van der Waals surface area contributed by atoms with Crippen LogP contribution in [0.2, 0.25) is 0 Å². The van der Waals surface area contributed by atoms with Crippen molar-refractivity contribution in [3.05, 3.63) is 65.7 Å². The van der Waals surface area contributed by atoms with Gasteiger partial charge in [0, 0.05) is 36.5 Å². The van der Waals surface area contributed by atoms with Crippen LogP contribution in [0, 0.1) is 18.6 Å². The third-order valence-electron chi connectivity index (χ3n) is 5.10. The Balaban J connectivity index is 1.78. The molecule has 0 amide bonds. The van der Waals surface area contributed by atoms with Gasteiger partial charge in [-0.1, -0.05) is 12.1 Å². The number of halogens is 2. The fourth-order valence-electron chi connectivity index (χ4n) is 3.75. The molecule has 0 saturated heterocycles. The highest BCUT2D eigenvalue weighted by Gasteiger charge is 2.26. The van der Waals surface area contributed by atoms with Crippen molar-refractivity contribution in [1.82, 2.24) is 19.5 Å². The van der Waals surface area contributed by atoms with Crippen molar-refractivity contribution in [3.8, 4) is 22.5 Å². The van der Waals surface area contributed by atoms with Gasteiger partial charge in [-0.15, -0.1) is 0 Å². The summed E-state index contributed by atoms with van der Waals surface area (Å²) >= 11 is 0. The lowest BCUT2D eigenvalue weighted by Crippen LogP contribution is -1.99. The predicted molar refractivity (Wildman–Crippen MR) is 99.2 cm³/mol. The molecule has 0 unspecified atom stereocenters. The molecule has 0 atom stereocenters. The highest BCUT2D eigenvalue weighted by atomic mass is 19.2. The van der Waals surface area contributed by atoms with Gasteiger partial charge in [0.05, 0.1) is 22.4 Å². The average molecular weight is 362 g/mol. The molecule has 6 heteroatoms. The van der Waals surface area contributed by atoms with E-state index in [2.05, 4.69) is 19.5 Å². The maximum Gasteiger partial charge on any atom is 0.168 e. The standard InChI is InChI=1S/C21H16F2N4/c1-12-4-6-14(19(23)18(12)22)20-21(27-10-2-3-17(27)26-20)13-5-7-15-16(11-13)25-9-8-24-15/h4-9,11H,2-3,10H2,1H3. The summed E-state index contributed by atoms with van der Waals surface area (Å²) in [6.45, 7) is 2.37. The molecule has 0 N–H and O–H groups in total. The maximum atomic E-state index is 14.7. The van der Waals surface area contributed by atoms with Crippen LogP contribution in [0.5, 0.6) is 0 Å². The largest absolute Gasteiger partial charge is 0.327 e. The first-order chi connectivity index (χ1) is 13.1. The zero-order chi connectivity index (χ0) is 18.5. The van der Waals surface area contributed by atoms with Gasteiger partial charge < -0.3 is 4.57 Å². The zero-order valence-electron chi connectivity index (χ0n) is 14.7. The highest BCUT2D eigenvalue weighted by molar-refractivity contribution is 5.86. The fraction of sp³-hybridized carbons (Fsp3) is 0.190. The van der Waals surface area contributed by atoms with Crippen LogP contribution in [0.1, 0.15) is 17.8 Å². The van der Waals surface area contributed by atoms with Gasteiger partial charge in [0.1, 0.15) is 5.82 Å². The van der Waals surface area contributed by atoms with Gasteiger partial charge in [0.25, 0.3) is 0 Å². The predicted octanol–water partition coefficient (Wildman–Crippen LogP) is 4.69. The Morgan fingerprint density at radius 2 is 1.78 bits per heavy atom. The highest BCUT2D eigenvalue weighted by Crippen LogP contribution is 2.38. The first-order valence-corrected chi connectivity index (χ1v) is 8.89. The Labute approximate surface area is 154 Å². The minimum absolute atomic E-state index is 0.189. The van der Waals surface area contributed by atoms with Gasteiger partial charge >= 0.3 is 0 Å². The van der Waals surface area contributed by atoms with E-state index in [0.29, 0.717) is 5.69 Å². The number of fused-ring (bicyclic) bond motifs is 2. The molecule has 27 heavy (non-hydrogen) atoms. The SMILES string of the molecule is Cc1ccc(-c2nc3n(c2-c2ccc4nccnc4c2)CCC3)c(F)c1F. The fourth-order valence-corrected chi connectivity index (χ4v) is 3.75. The molecule has 3 heterocycles. The minimum atomic E-state index is -0.853. The molecule has 1 aliphatic heterocycles. The number of rotatable bonds is 2. The van der Waals surface area contributed by atoms with Crippen LogP contribution in [0.15, 0.2) is 42.7 Å². The van der Waals surface area contributed by atoms with Crippen LogP contribution in [-0.4, -0.2) is 19.5 Å². The number of nitrogens with zero attached hydrogens (tertiary/aromatic N) is 4. The Morgan fingerprint density at radius 3 is 2.63 bits per heavy atom. The Hall–Kier alpha value is -3.15. The summed E-state index contributed by atoms with van der Waals surface area (Å²) in [7, 11) is 0. The minimum Gasteiger partial charge on any atom is -0.327 e. The number of hydrogen-bond donors (Lipinski definition) is 0. The molecular weight excluding hydrogens is 346 g/mol. The molecule has 0 saturated carbocycles. The van der Waals surface area contributed by atoms with Crippen LogP contribution in [0.4, 0.5) is 8.78 Å². The van der Waals surface area contributed by atoms with E-state index in [-0.39, 0.29) is 11.1 Å². The summed E-state index contributed by atoms with van der Waals surface area (Å²) in [6.07, 6.45) is 5.11. The molecule has 1 aliphatic rings. The van der Waals surface area contributed by atoms with Crippen molar-refractivity contribution < 1.29 is 8.78 Å². The second kappa shape index (κ2) is 5.94. The molecule has 0 aliphatic carbocycles. The number of imidazole rings is 1. The monoisotopic (exact) mass is 362 g/mol. The summed E-state index contributed by atoms with van der Waals surface area (Å²) in [5.74, 6) is -0.774. The van der Waals surface area contributed by atoms with Gasteiger partial charge in [-0.2, -0.15) is 0 Å². The second-order valence-electron chi connectivity index (χ2n) is 6.80. The zero-order valence-corrected chi connectivity index (χ0v) is 14.7. The topological polar surface area (TPSA) is 43.6 Å². The van der Waals surface area contributed by atoms with Gasteiger partial charge in [-0.3, -0.25) is 9.97 Å². The smallest absolute Gasteiger partial charge is 0.168 e. The van der Waals surface area contributed by atoms with E-state index in [4.69, 9.17) is 0 Å². The summed E-state index contributed by atoms with van der Waals surface area (Å²) in [5.41, 5.74) is 4.17. The quantitative estimate of drug-likeness (QED) is 0.519. The molecule has 0 fully saturated rings. The van der Waals surface area contributed by atoms with Gasteiger partial charge in [0.15, 0.2) is 11.6 Å². The number of hydrogen-bond acceptors (Lipinski definition) is 3. The van der Waals surface area contributed by atoms with Crippen LogP contribution in [0.25, 0.3) is 33.5 Å². The normalized spacial score (nSPS) is 13.3. The molecule has 4 aromatic rings. The van der Waals surface area contributed by atoms with E-state index < -0.39 is 11.6 Å². The van der Waals surface area contributed by atoms with Crippen molar-refractivity contribution in [2.75, 3.05) is 0 Å². The van der Waals surface area contributed by atoms with E-state index >= 15 is 0 Å². The summed E-state index contributed by atoms with van der Waals surface area (Å²) in [6, 6.07) is 8.95. The van der Waals surface area contributed by atoms with Gasteiger partial charge in [-0.25, -0.2) is 13.8 Å². The van der Waals surface area contributed by atoms with E-state index in [0.717, 1.165) is 47.5 Å². The maximum absolute atomic E-state index is 14.7. The van der Waals surface area contributed by atoms with E-state index in [1.54, 1.807) is 31.5 Å². The van der Waals surface area contributed by atoms with E-state index in [1.165, 1.54) is 0 Å². The molecule has 0 bridgehead atoms. The molecule has 0 spiro atoms. The first-order valence-electron chi connectivity index (χ1n) is 8.89. The van der Waals surface area contributed by atoms with Crippen LogP contribution in [-0.2, 0) is 13.0 Å². The number of benzene rings is 2. The third kappa shape index (κ3) is 2.44. The molecule has 5 rings (SSSR count). The van der Waals surface area contributed by atoms with Crippen molar-refractivity contribution in [1.29, 1.82) is 0 Å². The Bertz CT molecular complexity index is 1200. The summed E-state index contributed by atoms with van der Waals surface area (Å²) < 4.78 is 31.0. The van der Waals surface area contributed by atoms with Crippen LogP contribution < -0.4 is 0 Å². The van der Waals surface area contributed by atoms with Crippen LogP contribution in [0.3, 0.4) is 0 Å². The van der Waals surface area contributed by atoms with Gasteiger partial charge in [-0.05, 0) is 37.1 Å². The van der Waals surface area contributed by atoms with Crippen molar-refractivity contribution in [2.45, 2.75) is 26.3 Å². The van der Waals surface area contributed by atoms with Crippen molar-refractivity contribution in [2.24, 2.45) is 0 Å². The van der Waals surface area contributed by atoms with Crippen molar-refractivity contribution in [3.63, 3.8) is 0 Å². The lowest BCUT2D eigenvalue weighted by Gasteiger charge is -2.11. The molecular formula is C21H16F2N4. The number of aryl methyl sites for hydroxylation is 2. The molecule has 4 nitrogen and oxygen atoms in total. The third-order valence-corrected chi connectivity index (χ3v) is 5.10. The van der Waals surface area contributed by atoms with E-state index in [1.807, 2.05) is 18.2 Å². The Kier molecular flexibility index (Phi) is 3.53. The molecule has 2 aromatic carbocycles. The molecule has 134 valence electrons. The number of aromatic nitrogens is 4. The van der Waals surface area contributed by atoms with Gasteiger partial charge in [0.2, 0.25) is 0 Å². The molecule has 2 aromatic heterocycles. The van der Waals surface area contributed by atoms with Crippen molar-refractivity contribution >= 4 is 11.0 Å². The first kappa shape index (κ1) is 16.1. The average Bonchev–Trinajstić information content (AvgIpc) is 3.27. The van der Waals surface area contributed by atoms with Crippen LogP contribution >= 0.6 is 0 Å². The summed E-state index contributed by atoms with van der Waals surface area (Å²) in [5, 5.41) is 0. The Morgan fingerprint density at radius 1 is 0.963 bits per heavy atom. The van der Waals surface area contributed by atoms with E-state index in [9.17, 15) is 8.78 Å². The second-order valence-corrected chi connectivity index (χ2v) is 6.80.